The molecule has 1 amide bonds. The lowest BCUT2D eigenvalue weighted by atomic mass is 9.99. The Hall–Kier alpha value is -0.830. The maximum Gasteiger partial charge on any atom is 0.249 e. The smallest absolute Gasteiger partial charge is 0.249 e. The Bertz CT molecular complexity index is 198. The molecule has 1 saturated heterocycles. The Morgan fingerprint density at radius 1 is 1.64 bits per heavy atom. The largest absolute Gasteiger partial charge is 0.386 e. The van der Waals surface area contributed by atoms with E-state index in [-0.39, 0.29) is 23.4 Å². The molecule has 0 aromatic carbocycles. The van der Waals surface area contributed by atoms with Gasteiger partial charge in [0.1, 0.15) is 6.10 Å². The predicted molar refractivity (Wildman–Crippen MR) is 41.9 cm³/mol. The van der Waals surface area contributed by atoms with Crippen LogP contribution in [0.5, 0.6) is 0 Å². The van der Waals surface area contributed by atoms with Crippen LogP contribution in [-0.4, -0.2) is 23.2 Å². The summed E-state index contributed by atoms with van der Waals surface area (Å²) in [4.78, 5) is 10.9. The van der Waals surface area contributed by atoms with Crippen LogP contribution in [-0.2, 0) is 4.79 Å². The van der Waals surface area contributed by atoms with Crippen molar-refractivity contribution in [2.75, 3.05) is 0 Å². The maximum atomic E-state index is 10.9. The number of carbonyl (C=O) groups excluding carboxylic acids is 1. The molecule has 1 heterocycles. The molecule has 1 fully saturated rings. The van der Waals surface area contributed by atoms with Crippen LogP contribution in [0.3, 0.4) is 0 Å². The molecule has 0 bridgehead atoms. The Labute approximate surface area is 66.1 Å². The Morgan fingerprint density at radius 2 is 2.18 bits per heavy atom. The van der Waals surface area contributed by atoms with E-state index in [1.54, 1.807) is 0 Å². The lowest BCUT2D eigenvalue weighted by Gasteiger charge is -2.17. The highest BCUT2D eigenvalue weighted by Crippen LogP contribution is 2.19. The number of carbonyl (C=O) groups is 1. The molecule has 2 N–H and O–H groups in total. The summed E-state index contributed by atoms with van der Waals surface area (Å²) in [5.74, 6) is 0.0180. The third-order valence-electron chi connectivity index (χ3n) is 2.00. The van der Waals surface area contributed by atoms with Crippen LogP contribution in [0.15, 0.2) is 12.2 Å². The summed E-state index contributed by atoms with van der Waals surface area (Å²) in [6, 6.07) is -0.157. The second kappa shape index (κ2) is 2.66. The fourth-order valence-corrected chi connectivity index (χ4v) is 1.21. The molecule has 0 aromatic rings. The van der Waals surface area contributed by atoms with E-state index in [0.29, 0.717) is 0 Å². The Kier molecular flexibility index (Phi) is 2.00. The first-order valence-electron chi connectivity index (χ1n) is 3.71. The molecule has 3 heteroatoms. The van der Waals surface area contributed by atoms with Crippen LogP contribution in [0.1, 0.15) is 13.8 Å². The van der Waals surface area contributed by atoms with Gasteiger partial charge in [0, 0.05) is 5.57 Å². The van der Waals surface area contributed by atoms with Gasteiger partial charge in [-0.25, -0.2) is 0 Å². The third-order valence-corrected chi connectivity index (χ3v) is 2.00. The maximum absolute atomic E-state index is 10.9. The van der Waals surface area contributed by atoms with E-state index in [0.717, 1.165) is 0 Å². The zero-order chi connectivity index (χ0) is 8.59. The van der Waals surface area contributed by atoms with E-state index in [1.807, 2.05) is 13.8 Å². The van der Waals surface area contributed by atoms with Crippen LogP contribution in [0.25, 0.3) is 0 Å². The van der Waals surface area contributed by atoms with Gasteiger partial charge in [-0.2, -0.15) is 0 Å². The number of aliphatic hydroxyl groups is 1. The van der Waals surface area contributed by atoms with Gasteiger partial charge in [-0.15, -0.1) is 0 Å². The quantitative estimate of drug-likeness (QED) is 0.526. The van der Waals surface area contributed by atoms with Crippen molar-refractivity contribution >= 4 is 5.91 Å². The highest BCUT2D eigenvalue weighted by Gasteiger charge is 2.35. The van der Waals surface area contributed by atoms with Crippen LogP contribution in [0.4, 0.5) is 0 Å². The van der Waals surface area contributed by atoms with Crippen molar-refractivity contribution in [2.45, 2.75) is 26.0 Å². The Balaban J connectivity index is 2.75. The van der Waals surface area contributed by atoms with Crippen molar-refractivity contribution in [3.63, 3.8) is 0 Å². The minimum absolute atomic E-state index is 0.157. The summed E-state index contributed by atoms with van der Waals surface area (Å²) in [5.41, 5.74) is 0.281. The summed E-state index contributed by atoms with van der Waals surface area (Å²) in [6.45, 7) is 7.39. The van der Waals surface area contributed by atoms with E-state index in [1.165, 1.54) is 0 Å². The SMILES string of the molecule is C=C1C(=O)NC(C(C)C)[C@H]1O. The highest BCUT2D eigenvalue weighted by atomic mass is 16.3. The van der Waals surface area contributed by atoms with Gasteiger partial charge >= 0.3 is 0 Å². The molecule has 11 heavy (non-hydrogen) atoms. The van der Waals surface area contributed by atoms with E-state index < -0.39 is 6.10 Å². The van der Waals surface area contributed by atoms with Gasteiger partial charge in [-0.05, 0) is 5.92 Å². The topological polar surface area (TPSA) is 49.3 Å². The molecule has 2 atom stereocenters. The number of amides is 1. The fourth-order valence-electron chi connectivity index (χ4n) is 1.21. The number of hydrogen-bond donors (Lipinski definition) is 2. The summed E-state index contributed by atoms with van der Waals surface area (Å²) in [5, 5.41) is 12.1. The number of aliphatic hydroxyl groups excluding tert-OH is 1. The lowest BCUT2D eigenvalue weighted by Crippen LogP contribution is -2.36. The average Bonchev–Trinajstić information content (AvgIpc) is 2.17. The number of rotatable bonds is 1. The molecular weight excluding hydrogens is 142 g/mol. The van der Waals surface area contributed by atoms with Crippen LogP contribution < -0.4 is 5.32 Å². The van der Waals surface area contributed by atoms with E-state index in [2.05, 4.69) is 11.9 Å². The molecule has 1 aliphatic rings. The minimum Gasteiger partial charge on any atom is -0.386 e. The van der Waals surface area contributed by atoms with Crippen molar-refractivity contribution in [1.29, 1.82) is 0 Å². The molecule has 0 aliphatic carbocycles. The summed E-state index contributed by atoms with van der Waals surface area (Å²) >= 11 is 0. The monoisotopic (exact) mass is 155 g/mol. The molecule has 0 aromatic heterocycles. The number of nitrogens with one attached hydrogen (secondary N) is 1. The standard InChI is InChI=1S/C8H13NO2/c1-4(2)6-7(10)5(3)8(11)9-6/h4,6-7,10H,3H2,1-2H3,(H,9,11)/t6?,7-/m0/s1. The zero-order valence-electron chi connectivity index (χ0n) is 6.79. The predicted octanol–water partition coefficient (Wildman–Crippen LogP) is 0.0579. The van der Waals surface area contributed by atoms with Crippen LogP contribution in [0.2, 0.25) is 0 Å². The van der Waals surface area contributed by atoms with Gasteiger partial charge in [0.2, 0.25) is 5.91 Å². The lowest BCUT2D eigenvalue weighted by molar-refractivity contribution is -0.116. The van der Waals surface area contributed by atoms with E-state index >= 15 is 0 Å². The van der Waals surface area contributed by atoms with Crippen LogP contribution >= 0.6 is 0 Å². The summed E-state index contributed by atoms with van der Waals surface area (Å²) in [7, 11) is 0. The zero-order valence-corrected chi connectivity index (χ0v) is 6.79. The molecule has 3 nitrogen and oxygen atoms in total. The first-order valence-corrected chi connectivity index (χ1v) is 3.71. The molecule has 1 unspecified atom stereocenters. The summed E-state index contributed by atoms with van der Waals surface area (Å²) < 4.78 is 0. The van der Waals surface area contributed by atoms with Gasteiger partial charge in [-0.3, -0.25) is 4.79 Å². The second-order valence-electron chi connectivity index (χ2n) is 3.21. The Morgan fingerprint density at radius 3 is 2.36 bits per heavy atom. The molecule has 0 spiro atoms. The van der Waals surface area contributed by atoms with E-state index in [9.17, 15) is 9.90 Å². The third kappa shape index (κ3) is 1.28. The highest BCUT2D eigenvalue weighted by molar-refractivity contribution is 5.96. The molecule has 0 radical (unpaired) electrons. The van der Waals surface area contributed by atoms with Crippen molar-refractivity contribution in [3.8, 4) is 0 Å². The second-order valence-corrected chi connectivity index (χ2v) is 3.21. The minimum atomic E-state index is -0.706. The van der Waals surface area contributed by atoms with Crippen molar-refractivity contribution < 1.29 is 9.90 Å². The molecule has 1 aliphatic heterocycles. The van der Waals surface area contributed by atoms with Crippen molar-refractivity contribution in [2.24, 2.45) is 5.92 Å². The first kappa shape index (κ1) is 8.27. The van der Waals surface area contributed by atoms with Crippen molar-refractivity contribution in [3.05, 3.63) is 12.2 Å². The van der Waals surface area contributed by atoms with Gasteiger partial charge in [0.15, 0.2) is 0 Å². The normalized spacial score (nSPS) is 31.3. The van der Waals surface area contributed by atoms with Crippen molar-refractivity contribution in [1.82, 2.24) is 5.32 Å². The average molecular weight is 155 g/mol. The van der Waals surface area contributed by atoms with E-state index in [4.69, 9.17) is 0 Å². The van der Waals surface area contributed by atoms with Gasteiger partial charge in [0.25, 0.3) is 0 Å². The van der Waals surface area contributed by atoms with Gasteiger partial charge in [0.05, 0.1) is 6.04 Å². The van der Waals surface area contributed by atoms with Gasteiger partial charge < -0.3 is 10.4 Å². The molecule has 0 saturated carbocycles. The molecule has 1 rings (SSSR count). The summed E-state index contributed by atoms with van der Waals surface area (Å²) in [6.07, 6.45) is -0.706. The van der Waals surface area contributed by atoms with Crippen LogP contribution in [0, 0.1) is 5.92 Å². The van der Waals surface area contributed by atoms with Gasteiger partial charge in [-0.1, -0.05) is 20.4 Å². The molecular formula is C8H13NO2. The fraction of sp³-hybridized carbons (Fsp3) is 0.625. The molecule has 62 valence electrons. The first-order chi connectivity index (χ1) is 5.04. The number of hydrogen-bond acceptors (Lipinski definition) is 2.